The van der Waals surface area contributed by atoms with E-state index in [2.05, 4.69) is 29.4 Å². The van der Waals surface area contributed by atoms with Crippen molar-refractivity contribution in [2.45, 2.75) is 25.9 Å². The van der Waals surface area contributed by atoms with E-state index in [0.717, 1.165) is 29.8 Å². The zero-order chi connectivity index (χ0) is 17.2. The first kappa shape index (κ1) is 16.1. The Balaban J connectivity index is 1.48. The van der Waals surface area contributed by atoms with Crippen LogP contribution in [0.25, 0.3) is 11.3 Å². The Morgan fingerprint density at radius 2 is 2.28 bits per heavy atom. The highest BCUT2D eigenvalue weighted by Crippen LogP contribution is 2.39. The number of carbonyl (C=O) groups excluding carboxylic acids is 1. The highest BCUT2D eigenvalue weighted by Gasteiger charge is 2.29. The number of carbonyl (C=O) groups is 1. The number of hydrogen-bond donors (Lipinski definition) is 1. The highest BCUT2D eigenvalue weighted by atomic mass is 16.5. The van der Waals surface area contributed by atoms with Gasteiger partial charge in [-0.3, -0.25) is 9.78 Å². The van der Waals surface area contributed by atoms with E-state index in [4.69, 9.17) is 9.47 Å². The van der Waals surface area contributed by atoms with Crippen molar-refractivity contribution in [1.82, 2.24) is 10.3 Å². The summed E-state index contributed by atoms with van der Waals surface area (Å²) in [6.45, 7) is 3.81. The topological polar surface area (TPSA) is 60.5 Å². The van der Waals surface area contributed by atoms with Crippen molar-refractivity contribution in [3.8, 4) is 17.0 Å². The molecule has 2 aromatic rings. The molecular weight excluding hydrogens is 316 g/mol. The Kier molecular flexibility index (Phi) is 4.40. The number of aromatic nitrogens is 1. The van der Waals surface area contributed by atoms with Gasteiger partial charge in [-0.1, -0.05) is 12.1 Å². The minimum atomic E-state index is -0.0365. The predicted octanol–water partition coefficient (Wildman–Crippen LogP) is 2.51. The maximum Gasteiger partial charge on any atom is 0.225 e. The molecule has 2 atom stereocenters. The average Bonchev–Trinajstić information content (AvgIpc) is 3.29. The number of benzene rings is 1. The summed E-state index contributed by atoms with van der Waals surface area (Å²) < 4.78 is 11.5. The number of hydrogen-bond acceptors (Lipinski definition) is 4. The molecule has 0 spiro atoms. The summed E-state index contributed by atoms with van der Waals surface area (Å²) in [4.78, 5) is 16.6. The molecule has 0 aliphatic carbocycles. The Morgan fingerprint density at radius 1 is 1.36 bits per heavy atom. The molecular formula is C20H22N2O3. The van der Waals surface area contributed by atoms with Gasteiger partial charge in [0, 0.05) is 24.8 Å². The second kappa shape index (κ2) is 6.84. The summed E-state index contributed by atoms with van der Waals surface area (Å²) >= 11 is 0. The standard InChI is InChI=1S/C20H22N2O3/c1-13-8-15-10-16(11-22-20(23)14-5-7-24-12-14)25-19(15)17(9-13)18-4-2-3-6-21-18/h2-4,6,8-9,14,16H,5,7,10-12H2,1H3,(H,22,23)/t14-,16-/m0/s1. The molecule has 5 heteroatoms. The largest absolute Gasteiger partial charge is 0.487 e. The van der Waals surface area contributed by atoms with Gasteiger partial charge in [0.05, 0.1) is 24.8 Å². The van der Waals surface area contributed by atoms with Gasteiger partial charge in [0.25, 0.3) is 0 Å². The van der Waals surface area contributed by atoms with Crippen molar-refractivity contribution < 1.29 is 14.3 Å². The summed E-state index contributed by atoms with van der Waals surface area (Å²) in [5, 5.41) is 3.02. The maximum absolute atomic E-state index is 12.2. The first-order valence-corrected chi connectivity index (χ1v) is 8.78. The number of amides is 1. The normalized spacial score (nSPS) is 21.6. The van der Waals surface area contributed by atoms with Crippen LogP contribution in [0.3, 0.4) is 0 Å². The molecule has 0 unspecified atom stereocenters. The molecule has 3 heterocycles. The van der Waals surface area contributed by atoms with Crippen LogP contribution in [0.5, 0.6) is 5.75 Å². The van der Waals surface area contributed by atoms with Gasteiger partial charge in [0.2, 0.25) is 5.91 Å². The molecule has 130 valence electrons. The van der Waals surface area contributed by atoms with Crippen molar-refractivity contribution >= 4 is 5.91 Å². The molecule has 1 fully saturated rings. The summed E-state index contributed by atoms with van der Waals surface area (Å²) in [6.07, 6.45) is 3.37. The molecule has 1 amide bonds. The van der Waals surface area contributed by atoms with Gasteiger partial charge in [0.15, 0.2) is 0 Å². The quantitative estimate of drug-likeness (QED) is 0.930. The minimum Gasteiger partial charge on any atom is -0.487 e. The monoisotopic (exact) mass is 338 g/mol. The van der Waals surface area contributed by atoms with Crippen molar-refractivity contribution in [3.63, 3.8) is 0 Å². The van der Waals surface area contributed by atoms with E-state index in [1.54, 1.807) is 6.20 Å². The fraction of sp³-hybridized carbons (Fsp3) is 0.400. The van der Waals surface area contributed by atoms with E-state index in [1.807, 2.05) is 18.2 Å². The molecule has 25 heavy (non-hydrogen) atoms. The molecule has 5 nitrogen and oxygen atoms in total. The van der Waals surface area contributed by atoms with Crippen LogP contribution < -0.4 is 10.1 Å². The van der Waals surface area contributed by atoms with E-state index in [9.17, 15) is 4.79 Å². The molecule has 2 aliphatic heterocycles. The van der Waals surface area contributed by atoms with Crippen LogP contribution in [-0.4, -0.2) is 36.8 Å². The van der Waals surface area contributed by atoms with Gasteiger partial charge in [-0.15, -0.1) is 0 Å². The number of rotatable bonds is 4. The first-order chi connectivity index (χ1) is 12.2. The lowest BCUT2D eigenvalue weighted by molar-refractivity contribution is -0.125. The third-order valence-corrected chi connectivity index (χ3v) is 4.79. The minimum absolute atomic E-state index is 0.0184. The van der Waals surface area contributed by atoms with E-state index in [-0.39, 0.29) is 17.9 Å². The second-order valence-electron chi connectivity index (χ2n) is 6.77. The van der Waals surface area contributed by atoms with Crippen LogP contribution in [0.15, 0.2) is 36.5 Å². The lowest BCUT2D eigenvalue weighted by Crippen LogP contribution is -2.38. The average molecular weight is 338 g/mol. The van der Waals surface area contributed by atoms with Crippen LogP contribution in [0.2, 0.25) is 0 Å². The van der Waals surface area contributed by atoms with Gasteiger partial charge in [-0.25, -0.2) is 0 Å². The van der Waals surface area contributed by atoms with Crippen LogP contribution in [0.4, 0.5) is 0 Å². The number of nitrogens with one attached hydrogen (secondary N) is 1. The number of fused-ring (bicyclic) bond motifs is 1. The molecule has 1 aromatic carbocycles. The molecule has 0 saturated carbocycles. The fourth-order valence-corrected chi connectivity index (χ4v) is 3.52. The Morgan fingerprint density at radius 3 is 3.04 bits per heavy atom. The molecule has 1 saturated heterocycles. The molecule has 1 N–H and O–H groups in total. The van der Waals surface area contributed by atoms with Crippen molar-refractivity contribution in [2.75, 3.05) is 19.8 Å². The van der Waals surface area contributed by atoms with Crippen LogP contribution in [0.1, 0.15) is 17.5 Å². The van der Waals surface area contributed by atoms with Gasteiger partial charge < -0.3 is 14.8 Å². The SMILES string of the molecule is Cc1cc2c(c(-c3ccccn3)c1)O[C@H](CNC(=O)[C@H]1CCOC1)C2. The third kappa shape index (κ3) is 3.37. The van der Waals surface area contributed by atoms with E-state index in [0.29, 0.717) is 19.8 Å². The zero-order valence-electron chi connectivity index (χ0n) is 14.3. The van der Waals surface area contributed by atoms with E-state index >= 15 is 0 Å². The lowest BCUT2D eigenvalue weighted by Gasteiger charge is -2.15. The lowest BCUT2D eigenvalue weighted by atomic mass is 10.0. The maximum atomic E-state index is 12.2. The third-order valence-electron chi connectivity index (χ3n) is 4.79. The van der Waals surface area contributed by atoms with Crippen LogP contribution in [0, 0.1) is 12.8 Å². The summed E-state index contributed by atoms with van der Waals surface area (Å²) in [5.74, 6) is 0.945. The molecule has 0 radical (unpaired) electrons. The van der Waals surface area contributed by atoms with Crippen molar-refractivity contribution in [1.29, 1.82) is 0 Å². The van der Waals surface area contributed by atoms with E-state index in [1.165, 1.54) is 11.1 Å². The molecule has 2 aliphatic rings. The first-order valence-electron chi connectivity index (χ1n) is 8.78. The Hall–Kier alpha value is -2.40. The second-order valence-corrected chi connectivity index (χ2v) is 6.77. The van der Waals surface area contributed by atoms with Gasteiger partial charge >= 0.3 is 0 Å². The van der Waals surface area contributed by atoms with Crippen molar-refractivity contribution in [2.24, 2.45) is 5.92 Å². The zero-order valence-corrected chi connectivity index (χ0v) is 14.3. The predicted molar refractivity (Wildman–Crippen MR) is 94.5 cm³/mol. The van der Waals surface area contributed by atoms with Crippen LogP contribution >= 0.6 is 0 Å². The van der Waals surface area contributed by atoms with Crippen molar-refractivity contribution in [3.05, 3.63) is 47.7 Å². The van der Waals surface area contributed by atoms with Gasteiger partial charge in [-0.2, -0.15) is 0 Å². The Bertz CT molecular complexity index is 770. The molecule has 1 aromatic heterocycles. The van der Waals surface area contributed by atoms with E-state index < -0.39 is 0 Å². The molecule has 0 bridgehead atoms. The summed E-state index contributed by atoms with van der Waals surface area (Å²) in [6, 6.07) is 10.2. The smallest absolute Gasteiger partial charge is 0.225 e. The number of ether oxygens (including phenoxy) is 2. The molecule has 4 rings (SSSR count). The number of pyridine rings is 1. The van der Waals surface area contributed by atoms with Gasteiger partial charge in [-0.05, 0) is 42.7 Å². The number of aryl methyl sites for hydroxylation is 1. The highest BCUT2D eigenvalue weighted by molar-refractivity contribution is 5.79. The summed E-state index contributed by atoms with van der Waals surface area (Å²) in [5.41, 5.74) is 4.31. The summed E-state index contributed by atoms with van der Waals surface area (Å²) in [7, 11) is 0. The van der Waals surface area contributed by atoms with Crippen LogP contribution in [-0.2, 0) is 16.0 Å². The number of nitrogens with zero attached hydrogens (tertiary/aromatic N) is 1. The van der Waals surface area contributed by atoms with Gasteiger partial charge in [0.1, 0.15) is 11.9 Å². The fourth-order valence-electron chi connectivity index (χ4n) is 3.52. The Labute approximate surface area is 147 Å².